The van der Waals surface area contributed by atoms with Gasteiger partial charge in [0.25, 0.3) is 11.5 Å². The van der Waals surface area contributed by atoms with Crippen molar-refractivity contribution in [3.05, 3.63) is 75.2 Å². The molecule has 1 amide bonds. The topological polar surface area (TPSA) is 69.3 Å². The van der Waals surface area contributed by atoms with Gasteiger partial charge in [-0.05, 0) is 68.8 Å². The highest BCUT2D eigenvalue weighted by Crippen LogP contribution is 2.32. The lowest BCUT2D eigenvalue weighted by molar-refractivity contribution is 0.0732. The van der Waals surface area contributed by atoms with Crippen molar-refractivity contribution >= 4 is 5.91 Å². The minimum atomic E-state index is -0.375. The van der Waals surface area contributed by atoms with Gasteiger partial charge in [0.15, 0.2) is 0 Å². The Morgan fingerprint density at radius 3 is 2.78 bits per heavy atom. The highest BCUT2D eigenvalue weighted by atomic mass is 19.1. The van der Waals surface area contributed by atoms with E-state index in [9.17, 15) is 14.0 Å². The number of rotatable bonds is 4. The average Bonchev–Trinajstić information content (AvgIpc) is 3.27. The van der Waals surface area contributed by atoms with Gasteiger partial charge in [0.2, 0.25) is 0 Å². The van der Waals surface area contributed by atoms with Gasteiger partial charge in [-0.1, -0.05) is 12.2 Å². The molecule has 1 aromatic heterocycles. The molecule has 2 atom stereocenters. The fourth-order valence-corrected chi connectivity index (χ4v) is 5.26. The smallest absolute Gasteiger partial charge is 0.256 e. The molecule has 2 aromatic rings. The fraction of sp³-hybridized carbons (Fsp3) is 0.480. The summed E-state index contributed by atoms with van der Waals surface area (Å²) in [6.07, 6.45) is 10.8. The van der Waals surface area contributed by atoms with E-state index >= 15 is 0 Å². The molecular weight excluding hydrogens is 407 g/mol. The van der Waals surface area contributed by atoms with Gasteiger partial charge in [-0.3, -0.25) is 14.5 Å². The van der Waals surface area contributed by atoms with E-state index in [2.05, 4.69) is 22.0 Å². The third-order valence-electron chi connectivity index (χ3n) is 7.01. The van der Waals surface area contributed by atoms with Gasteiger partial charge in [-0.25, -0.2) is 9.37 Å². The predicted octanol–water partition coefficient (Wildman–Crippen LogP) is 3.60. The highest BCUT2D eigenvalue weighted by molar-refractivity contribution is 5.94. The Hall–Kier alpha value is -2.80. The zero-order valence-corrected chi connectivity index (χ0v) is 18.2. The lowest BCUT2D eigenvalue weighted by Gasteiger charge is -2.31. The number of aromatic amines is 1. The van der Waals surface area contributed by atoms with Crippen LogP contribution >= 0.6 is 0 Å². The summed E-state index contributed by atoms with van der Waals surface area (Å²) in [4.78, 5) is 37.8. The van der Waals surface area contributed by atoms with Gasteiger partial charge in [-0.2, -0.15) is 0 Å². The van der Waals surface area contributed by atoms with Crippen molar-refractivity contribution < 1.29 is 9.18 Å². The Morgan fingerprint density at radius 2 is 2.00 bits per heavy atom. The van der Waals surface area contributed by atoms with Crippen LogP contribution in [0.25, 0.3) is 0 Å². The summed E-state index contributed by atoms with van der Waals surface area (Å²) in [5.41, 5.74) is 1.65. The van der Waals surface area contributed by atoms with Gasteiger partial charge in [0.1, 0.15) is 11.6 Å². The first-order chi connectivity index (χ1) is 15.6. The molecule has 1 fully saturated rings. The van der Waals surface area contributed by atoms with Crippen molar-refractivity contribution in [2.24, 2.45) is 5.92 Å². The number of carbonyl (C=O) groups excluding carboxylic acids is 1. The van der Waals surface area contributed by atoms with E-state index in [0.717, 1.165) is 50.3 Å². The number of aromatic nitrogens is 2. The van der Waals surface area contributed by atoms with Crippen molar-refractivity contribution in [1.82, 2.24) is 19.8 Å². The Bertz CT molecular complexity index is 1080. The summed E-state index contributed by atoms with van der Waals surface area (Å²) >= 11 is 0. The number of fused-ring (bicyclic) bond motifs is 1. The molecule has 3 heterocycles. The van der Waals surface area contributed by atoms with Gasteiger partial charge in [0, 0.05) is 25.1 Å². The molecule has 1 N–H and O–H groups in total. The molecule has 0 bridgehead atoms. The molecule has 32 heavy (non-hydrogen) atoms. The quantitative estimate of drug-likeness (QED) is 0.744. The number of likely N-dealkylation sites (tertiary alicyclic amines) is 1. The SMILES string of the molecule is O=C(c1ccc(F)cc1)N1CCc2nc([C@H]3CCCN3C[C@H]3CC=CCC3)[nH]c(=O)c2C1. The van der Waals surface area contributed by atoms with Crippen LogP contribution in [0.15, 0.2) is 41.2 Å². The zero-order valence-electron chi connectivity index (χ0n) is 18.2. The van der Waals surface area contributed by atoms with Crippen molar-refractivity contribution in [3.8, 4) is 0 Å². The second-order valence-electron chi connectivity index (χ2n) is 9.16. The van der Waals surface area contributed by atoms with Crippen LogP contribution in [0.4, 0.5) is 4.39 Å². The minimum Gasteiger partial charge on any atom is -0.334 e. The molecule has 7 heteroatoms. The number of halogens is 1. The summed E-state index contributed by atoms with van der Waals surface area (Å²) in [5, 5.41) is 0. The normalized spacial score (nSPS) is 23.3. The van der Waals surface area contributed by atoms with Crippen LogP contribution < -0.4 is 5.56 Å². The fourth-order valence-electron chi connectivity index (χ4n) is 5.26. The first kappa shape index (κ1) is 21.1. The molecule has 0 spiro atoms. The van der Waals surface area contributed by atoms with Crippen molar-refractivity contribution in [2.75, 3.05) is 19.6 Å². The molecule has 2 aliphatic heterocycles. The molecule has 6 nitrogen and oxygen atoms in total. The maximum atomic E-state index is 13.2. The third-order valence-corrected chi connectivity index (χ3v) is 7.01. The monoisotopic (exact) mass is 436 g/mol. The summed E-state index contributed by atoms with van der Waals surface area (Å²) in [5.74, 6) is 0.883. The van der Waals surface area contributed by atoms with E-state index in [0.29, 0.717) is 30.0 Å². The van der Waals surface area contributed by atoms with Crippen molar-refractivity contribution in [2.45, 2.75) is 51.1 Å². The number of H-pyrrole nitrogens is 1. The van der Waals surface area contributed by atoms with Gasteiger partial charge in [-0.15, -0.1) is 0 Å². The number of allylic oxidation sites excluding steroid dienone is 2. The summed E-state index contributed by atoms with van der Waals surface area (Å²) in [6.45, 7) is 2.83. The molecule has 1 saturated heterocycles. The largest absolute Gasteiger partial charge is 0.334 e. The number of carbonyl (C=O) groups is 1. The Labute approximate surface area is 187 Å². The van der Waals surface area contributed by atoms with Gasteiger partial charge < -0.3 is 9.88 Å². The predicted molar refractivity (Wildman–Crippen MR) is 120 cm³/mol. The molecule has 3 aliphatic rings. The molecule has 168 valence electrons. The standard InChI is InChI=1S/C25H29FN4O2/c26-19-10-8-18(9-11-19)25(32)30-14-12-21-20(16-30)24(31)28-23(27-21)22-7-4-13-29(22)15-17-5-2-1-3-6-17/h1-2,8-11,17,22H,3-7,12-16H2,(H,27,28,31)/t17-,22+/m0/s1. The second kappa shape index (κ2) is 8.98. The number of benzene rings is 1. The molecule has 0 radical (unpaired) electrons. The second-order valence-corrected chi connectivity index (χ2v) is 9.16. The Morgan fingerprint density at radius 1 is 1.16 bits per heavy atom. The molecule has 0 saturated carbocycles. The lowest BCUT2D eigenvalue weighted by Crippen LogP contribution is -2.40. The van der Waals surface area contributed by atoms with E-state index < -0.39 is 0 Å². The van der Waals surface area contributed by atoms with E-state index in [-0.39, 0.29) is 29.9 Å². The van der Waals surface area contributed by atoms with Crippen LogP contribution in [-0.4, -0.2) is 45.3 Å². The van der Waals surface area contributed by atoms with Crippen molar-refractivity contribution in [1.29, 1.82) is 0 Å². The number of hydrogen-bond donors (Lipinski definition) is 1. The maximum Gasteiger partial charge on any atom is 0.256 e. The summed E-state index contributed by atoms with van der Waals surface area (Å²) < 4.78 is 13.2. The molecule has 5 rings (SSSR count). The third kappa shape index (κ3) is 4.26. The van der Waals surface area contributed by atoms with Crippen LogP contribution in [0.1, 0.15) is 65.6 Å². The minimum absolute atomic E-state index is 0.144. The molecule has 1 aliphatic carbocycles. The van der Waals surface area contributed by atoms with E-state index in [1.54, 1.807) is 4.90 Å². The van der Waals surface area contributed by atoms with Crippen LogP contribution in [0.5, 0.6) is 0 Å². The van der Waals surface area contributed by atoms with Crippen LogP contribution in [0.2, 0.25) is 0 Å². The van der Waals surface area contributed by atoms with E-state index in [1.807, 2.05) is 0 Å². The van der Waals surface area contributed by atoms with Gasteiger partial charge >= 0.3 is 0 Å². The summed E-state index contributed by atoms with van der Waals surface area (Å²) in [6, 6.07) is 5.69. The van der Waals surface area contributed by atoms with E-state index in [4.69, 9.17) is 4.98 Å². The number of nitrogens with one attached hydrogen (secondary N) is 1. The number of hydrogen-bond acceptors (Lipinski definition) is 4. The zero-order chi connectivity index (χ0) is 22.1. The molecule has 1 aromatic carbocycles. The van der Waals surface area contributed by atoms with Crippen LogP contribution in [-0.2, 0) is 13.0 Å². The van der Waals surface area contributed by atoms with E-state index in [1.165, 1.54) is 30.7 Å². The highest BCUT2D eigenvalue weighted by Gasteiger charge is 2.32. The number of nitrogens with zero attached hydrogens (tertiary/aromatic N) is 3. The first-order valence-corrected chi connectivity index (χ1v) is 11.6. The van der Waals surface area contributed by atoms with Crippen LogP contribution in [0.3, 0.4) is 0 Å². The molecule has 0 unspecified atom stereocenters. The number of amides is 1. The molecular formula is C25H29FN4O2. The Balaban J connectivity index is 1.32. The van der Waals surface area contributed by atoms with Gasteiger partial charge in [0.05, 0.1) is 23.8 Å². The lowest BCUT2D eigenvalue weighted by atomic mass is 9.93. The first-order valence-electron chi connectivity index (χ1n) is 11.6. The average molecular weight is 437 g/mol. The van der Waals surface area contributed by atoms with Crippen LogP contribution in [0, 0.1) is 11.7 Å². The Kier molecular flexibility index (Phi) is 5.91. The maximum absolute atomic E-state index is 13.2. The van der Waals surface area contributed by atoms with Crippen molar-refractivity contribution in [3.63, 3.8) is 0 Å². The summed E-state index contributed by atoms with van der Waals surface area (Å²) in [7, 11) is 0.